The molecule has 1 aliphatic carbocycles. The van der Waals surface area contributed by atoms with Crippen LogP contribution in [0, 0.1) is 0 Å². The van der Waals surface area contributed by atoms with Crippen LogP contribution in [-0.2, 0) is 0 Å². The van der Waals surface area contributed by atoms with Gasteiger partial charge in [-0.15, -0.1) is 0 Å². The number of anilines is 1. The molecule has 0 unspecified atom stereocenters. The van der Waals surface area contributed by atoms with Crippen molar-refractivity contribution < 1.29 is 4.74 Å². The van der Waals surface area contributed by atoms with Gasteiger partial charge in [0.1, 0.15) is 24.2 Å². The van der Waals surface area contributed by atoms with E-state index >= 15 is 0 Å². The van der Waals surface area contributed by atoms with Crippen LogP contribution in [0.3, 0.4) is 0 Å². The molecule has 0 bridgehead atoms. The van der Waals surface area contributed by atoms with Crippen molar-refractivity contribution in [2.45, 2.75) is 18.9 Å². The Hall–Kier alpha value is -2.63. The SMILES string of the molecule is c1ccc(OCCNc2ncnc3c2ncn3C2CC2)cc1. The van der Waals surface area contributed by atoms with Gasteiger partial charge in [-0.3, -0.25) is 0 Å². The molecular formula is C16H17N5O. The second kappa shape index (κ2) is 5.63. The van der Waals surface area contributed by atoms with Gasteiger partial charge < -0.3 is 14.6 Å². The first-order valence-electron chi connectivity index (χ1n) is 7.51. The fourth-order valence-corrected chi connectivity index (χ4v) is 2.46. The second-order valence-electron chi connectivity index (χ2n) is 5.37. The molecule has 6 nitrogen and oxygen atoms in total. The summed E-state index contributed by atoms with van der Waals surface area (Å²) >= 11 is 0. The highest BCUT2D eigenvalue weighted by Crippen LogP contribution is 2.37. The van der Waals surface area contributed by atoms with E-state index in [0.29, 0.717) is 19.2 Å². The van der Waals surface area contributed by atoms with Crippen LogP contribution in [0.4, 0.5) is 5.82 Å². The van der Waals surface area contributed by atoms with Crippen molar-refractivity contribution >= 4 is 17.0 Å². The van der Waals surface area contributed by atoms with Crippen molar-refractivity contribution in [3.05, 3.63) is 43.0 Å². The number of fused-ring (bicyclic) bond motifs is 1. The lowest BCUT2D eigenvalue weighted by atomic mass is 10.3. The van der Waals surface area contributed by atoms with E-state index in [1.54, 1.807) is 6.33 Å². The lowest BCUT2D eigenvalue weighted by Crippen LogP contribution is -2.12. The van der Waals surface area contributed by atoms with Gasteiger partial charge in [-0.25, -0.2) is 15.0 Å². The summed E-state index contributed by atoms with van der Waals surface area (Å²) in [4.78, 5) is 13.1. The van der Waals surface area contributed by atoms with E-state index in [1.165, 1.54) is 12.8 Å². The van der Waals surface area contributed by atoms with E-state index in [4.69, 9.17) is 4.74 Å². The zero-order valence-electron chi connectivity index (χ0n) is 12.1. The number of rotatable bonds is 6. The third-order valence-corrected chi connectivity index (χ3v) is 3.71. The van der Waals surface area contributed by atoms with Gasteiger partial charge in [-0.05, 0) is 25.0 Å². The van der Waals surface area contributed by atoms with Gasteiger partial charge in [-0.1, -0.05) is 18.2 Å². The third kappa shape index (κ3) is 2.59. The minimum Gasteiger partial charge on any atom is -0.492 e. The molecule has 0 atom stereocenters. The maximum atomic E-state index is 5.66. The molecule has 1 aliphatic rings. The maximum absolute atomic E-state index is 5.66. The molecule has 1 aromatic carbocycles. The van der Waals surface area contributed by atoms with E-state index < -0.39 is 0 Å². The molecule has 3 aromatic rings. The Morgan fingerprint density at radius 2 is 2.00 bits per heavy atom. The van der Waals surface area contributed by atoms with Crippen molar-refractivity contribution in [2.75, 3.05) is 18.5 Å². The first-order chi connectivity index (χ1) is 10.9. The number of nitrogens with zero attached hydrogens (tertiary/aromatic N) is 4. The lowest BCUT2D eigenvalue weighted by Gasteiger charge is -2.08. The summed E-state index contributed by atoms with van der Waals surface area (Å²) in [6.07, 6.45) is 5.87. The van der Waals surface area contributed by atoms with Gasteiger partial charge in [0.05, 0.1) is 12.9 Å². The van der Waals surface area contributed by atoms with Crippen LogP contribution in [0.5, 0.6) is 5.75 Å². The summed E-state index contributed by atoms with van der Waals surface area (Å²) in [6.45, 7) is 1.23. The second-order valence-corrected chi connectivity index (χ2v) is 5.37. The predicted octanol–water partition coefficient (Wildman–Crippen LogP) is 2.65. The highest BCUT2D eigenvalue weighted by molar-refractivity contribution is 5.82. The summed E-state index contributed by atoms with van der Waals surface area (Å²) in [5.74, 6) is 1.64. The summed E-state index contributed by atoms with van der Waals surface area (Å²) < 4.78 is 7.80. The van der Waals surface area contributed by atoms with Gasteiger partial charge in [0.15, 0.2) is 11.5 Å². The predicted molar refractivity (Wildman–Crippen MR) is 84.0 cm³/mol. The molecule has 1 N–H and O–H groups in total. The molecule has 2 aromatic heterocycles. The summed E-state index contributed by atoms with van der Waals surface area (Å²) in [6, 6.07) is 10.3. The first kappa shape index (κ1) is 13.1. The number of imidazole rings is 1. The zero-order chi connectivity index (χ0) is 14.8. The Morgan fingerprint density at radius 3 is 2.82 bits per heavy atom. The molecule has 22 heavy (non-hydrogen) atoms. The number of para-hydroxylation sites is 1. The normalized spacial score (nSPS) is 14.2. The van der Waals surface area contributed by atoms with Gasteiger partial charge in [0, 0.05) is 6.04 Å². The third-order valence-electron chi connectivity index (χ3n) is 3.71. The number of benzene rings is 1. The van der Waals surface area contributed by atoms with Gasteiger partial charge in [0.25, 0.3) is 0 Å². The number of ether oxygens (including phenoxy) is 1. The monoisotopic (exact) mass is 295 g/mol. The van der Waals surface area contributed by atoms with Crippen LogP contribution >= 0.6 is 0 Å². The molecule has 6 heteroatoms. The summed E-state index contributed by atoms with van der Waals surface area (Å²) in [5, 5.41) is 3.28. The number of aromatic nitrogens is 4. The standard InChI is InChI=1S/C16H17N5O/c1-2-4-13(5-3-1)22-9-8-17-15-14-16(19-10-18-15)21(11-20-14)12-6-7-12/h1-5,10-12H,6-9H2,(H,17,18,19). The fraction of sp³-hybridized carbons (Fsp3) is 0.312. The average Bonchev–Trinajstić information content (AvgIpc) is 3.32. The Morgan fingerprint density at radius 1 is 1.14 bits per heavy atom. The Bertz CT molecular complexity index is 767. The molecule has 0 saturated heterocycles. The average molecular weight is 295 g/mol. The molecule has 0 spiro atoms. The summed E-state index contributed by atoms with van der Waals surface area (Å²) in [7, 11) is 0. The van der Waals surface area contributed by atoms with Crippen LogP contribution < -0.4 is 10.1 Å². The number of nitrogens with one attached hydrogen (secondary N) is 1. The van der Waals surface area contributed by atoms with E-state index in [2.05, 4.69) is 24.8 Å². The van der Waals surface area contributed by atoms with E-state index in [-0.39, 0.29) is 0 Å². The quantitative estimate of drug-likeness (QED) is 0.708. The zero-order valence-corrected chi connectivity index (χ0v) is 12.1. The lowest BCUT2D eigenvalue weighted by molar-refractivity contribution is 0.333. The first-order valence-corrected chi connectivity index (χ1v) is 7.51. The molecule has 1 fully saturated rings. The fourth-order valence-electron chi connectivity index (χ4n) is 2.46. The van der Waals surface area contributed by atoms with E-state index in [1.807, 2.05) is 36.7 Å². The molecular weight excluding hydrogens is 278 g/mol. The van der Waals surface area contributed by atoms with Crippen LogP contribution in [0.15, 0.2) is 43.0 Å². The Kier molecular flexibility index (Phi) is 3.34. The van der Waals surface area contributed by atoms with Crippen molar-refractivity contribution in [3.63, 3.8) is 0 Å². The van der Waals surface area contributed by atoms with Gasteiger partial charge >= 0.3 is 0 Å². The van der Waals surface area contributed by atoms with Crippen LogP contribution in [0.25, 0.3) is 11.2 Å². The van der Waals surface area contributed by atoms with Crippen molar-refractivity contribution in [2.24, 2.45) is 0 Å². The highest BCUT2D eigenvalue weighted by Gasteiger charge is 2.26. The molecule has 112 valence electrons. The van der Waals surface area contributed by atoms with Crippen molar-refractivity contribution in [1.29, 1.82) is 0 Å². The topological polar surface area (TPSA) is 64.9 Å². The molecule has 0 radical (unpaired) electrons. The van der Waals surface area contributed by atoms with Crippen LogP contribution in [-0.4, -0.2) is 32.7 Å². The molecule has 0 amide bonds. The number of hydrogen-bond acceptors (Lipinski definition) is 5. The summed E-state index contributed by atoms with van der Waals surface area (Å²) in [5.41, 5.74) is 1.73. The van der Waals surface area contributed by atoms with Crippen molar-refractivity contribution in [1.82, 2.24) is 19.5 Å². The Balaban J connectivity index is 1.41. The van der Waals surface area contributed by atoms with Gasteiger partial charge in [0.2, 0.25) is 0 Å². The molecule has 2 heterocycles. The minimum absolute atomic E-state index is 0.564. The molecule has 0 aliphatic heterocycles. The van der Waals surface area contributed by atoms with Crippen molar-refractivity contribution in [3.8, 4) is 5.75 Å². The minimum atomic E-state index is 0.564. The van der Waals surface area contributed by atoms with Gasteiger partial charge in [-0.2, -0.15) is 0 Å². The molecule has 4 rings (SSSR count). The Labute approximate surface area is 128 Å². The van der Waals surface area contributed by atoms with E-state index in [0.717, 1.165) is 22.7 Å². The van der Waals surface area contributed by atoms with E-state index in [9.17, 15) is 0 Å². The van der Waals surface area contributed by atoms with Crippen LogP contribution in [0.1, 0.15) is 18.9 Å². The highest BCUT2D eigenvalue weighted by atomic mass is 16.5. The number of hydrogen-bond donors (Lipinski definition) is 1. The van der Waals surface area contributed by atoms with Crippen LogP contribution in [0.2, 0.25) is 0 Å². The maximum Gasteiger partial charge on any atom is 0.165 e. The largest absolute Gasteiger partial charge is 0.492 e. The molecule has 1 saturated carbocycles. The smallest absolute Gasteiger partial charge is 0.165 e.